The minimum atomic E-state index is -0.860. The maximum atomic E-state index is 11.0. The van der Waals surface area contributed by atoms with Crippen molar-refractivity contribution in [1.29, 1.82) is 0 Å². The number of carboxylic acids is 2. The van der Waals surface area contributed by atoms with Crippen LogP contribution in [0.2, 0.25) is 0 Å². The Bertz CT molecular complexity index is 440. The Balaban J connectivity index is 0.000000511. The third-order valence-electron chi connectivity index (χ3n) is 4.91. The Kier molecular flexibility index (Phi) is 14.2. The van der Waals surface area contributed by atoms with Gasteiger partial charge in [0.05, 0.1) is 11.8 Å². The lowest BCUT2D eigenvalue weighted by molar-refractivity contribution is -0.148. The summed E-state index contributed by atoms with van der Waals surface area (Å²) in [5.41, 5.74) is 0. The first-order valence-corrected chi connectivity index (χ1v) is 10.1. The van der Waals surface area contributed by atoms with E-state index in [1.54, 1.807) is 0 Å². The fraction of sp³-hybridized carbons (Fsp3) is 0.762. The summed E-state index contributed by atoms with van der Waals surface area (Å²) in [7, 11) is 0. The number of rotatable bonds is 11. The van der Waals surface area contributed by atoms with Gasteiger partial charge in [-0.05, 0) is 38.5 Å². The van der Waals surface area contributed by atoms with Gasteiger partial charge in [0.2, 0.25) is 0 Å². The highest BCUT2D eigenvalue weighted by molar-refractivity contribution is 5.81. The third-order valence-corrected chi connectivity index (χ3v) is 4.91. The number of unbranched alkanes of at least 4 members (excludes halogenated alkanes) is 4. The normalized spacial score (nSPS) is 19.9. The van der Waals surface area contributed by atoms with Crippen molar-refractivity contribution < 1.29 is 29.3 Å². The average Bonchev–Trinajstić information content (AvgIpc) is 2.67. The van der Waals surface area contributed by atoms with E-state index in [-0.39, 0.29) is 12.1 Å². The van der Waals surface area contributed by atoms with Gasteiger partial charge in [0.15, 0.2) is 0 Å². The number of ether oxygens (including phenoxy) is 1. The summed E-state index contributed by atoms with van der Waals surface area (Å²) in [4.78, 5) is 32.0. The van der Waals surface area contributed by atoms with Crippen LogP contribution in [0.4, 0.5) is 0 Å². The minimum absolute atomic E-state index is 0.0807. The summed E-state index contributed by atoms with van der Waals surface area (Å²) in [5.74, 6) is -2.91. The van der Waals surface area contributed by atoms with Gasteiger partial charge >= 0.3 is 17.9 Å². The standard InChI is InChI=1S/C13H24O2.C8H12O4/c1-4-7-8-9-10-11-12(5-2)15-13(14)6-3;9-7(10)5-2-1-3-6(4-5)8(11)12/h6,12H,3-5,7-11H2,1-2H3;5-6H,1-4H2,(H,9,10)(H,11,12). The second kappa shape index (κ2) is 15.2. The third kappa shape index (κ3) is 12.2. The molecule has 1 aliphatic rings. The largest absolute Gasteiger partial charge is 0.481 e. The number of carboxylic acid groups (broad SMARTS) is 2. The summed E-state index contributed by atoms with van der Waals surface area (Å²) >= 11 is 0. The van der Waals surface area contributed by atoms with Crippen LogP contribution >= 0.6 is 0 Å². The van der Waals surface area contributed by atoms with Crippen LogP contribution in [0.3, 0.4) is 0 Å². The van der Waals surface area contributed by atoms with E-state index >= 15 is 0 Å². The highest BCUT2D eigenvalue weighted by Gasteiger charge is 2.30. The molecular weight excluding hydrogens is 348 g/mol. The molecule has 0 heterocycles. The summed E-state index contributed by atoms with van der Waals surface area (Å²) in [6.45, 7) is 7.65. The van der Waals surface area contributed by atoms with Crippen LogP contribution in [0.25, 0.3) is 0 Å². The van der Waals surface area contributed by atoms with Gasteiger partial charge in [-0.25, -0.2) is 4.79 Å². The van der Waals surface area contributed by atoms with E-state index < -0.39 is 23.8 Å². The summed E-state index contributed by atoms with van der Waals surface area (Å²) in [6, 6.07) is 0. The van der Waals surface area contributed by atoms with Crippen LogP contribution in [0, 0.1) is 11.8 Å². The Morgan fingerprint density at radius 1 is 1.04 bits per heavy atom. The maximum Gasteiger partial charge on any atom is 0.330 e. The summed E-state index contributed by atoms with van der Waals surface area (Å²) in [5, 5.41) is 17.3. The molecule has 0 saturated heterocycles. The molecule has 1 saturated carbocycles. The second-order valence-electron chi connectivity index (χ2n) is 7.11. The molecule has 0 aromatic carbocycles. The number of esters is 1. The van der Waals surface area contributed by atoms with Gasteiger partial charge < -0.3 is 14.9 Å². The predicted octanol–water partition coefficient (Wildman–Crippen LogP) is 4.82. The van der Waals surface area contributed by atoms with E-state index in [4.69, 9.17) is 14.9 Å². The van der Waals surface area contributed by atoms with Gasteiger partial charge in [-0.15, -0.1) is 0 Å². The average molecular weight is 385 g/mol. The lowest BCUT2D eigenvalue weighted by Gasteiger charge is -2.23. The summed E-state index contributed by atoms with van der Waals surface area (Å²) < 4.78 is 5.20. The quantitative estimate of drug-likeness (QED) is 0.301. The Morgan fingerprint density at radius 2 is 1.59 bits per heavy atom. The zero-order chi connectivity index (χ0) is 20.7. The zero-order valence-electron chi connectivity index (χ0n) is 16.8. The van der Waals surface area contributed by atoms with E-state index in [2.05, 4.69) is 13.5 Å². The number of carbonyl (C=O) groups is 3. The maximum absolute atomic E-state index is 11.0. The number of hydrogen-bond donors (Lipinski definition) is 2. The number of aliphatic carboxylic acids is 2. The van der Waals surface area contributed by atoms with Crippen molar-refractivity contribution in [3.8, 4) is 0 Å². The van der Waals surface area contributed by atoms with Crippen LogP contribution in [0.1, 0.15) is 84.5 Å². The van der Waals surface area contributed by atoms with Crippen molar-refractivity contribution in [1.82, 2.24) is 0 Å². The van der Waals surface area contributed by atoms with Crippen molar-refractivity contribution in [3.63, 3.8) is 0 Å². The van der Waals surface area contributed by atoms with E-state index in [1.807, 2.05) is 6.92 Å². The molecule has 0 bridgehead atoms. The van der Waals surface area contributed by atoms with Crippen LogP contribution in [-0.4, -0.2) is 34.2 Å². The van der Waals surface area contributed by atoms with Gasteiger partial charge in [-0.2, -0.15) is 0 Å². The van der Waals surface area contributed by atoms with Crippen LogP contribution in [0.15, 0.2) is 12.7 Å². The fourth-order valence-electron chi connectivity index (χ4n) is 3.17. The monoisotopic (exact) mass is 384 g/mol. The van der Waals surface area contributed by atoms with Crippen LogP contribution in [-0.2, 0) is 19.1 Å². The van der Waals surface area contributed by atoms with Gasteiger partial charge in [0.25, 0.3) is 0 Å². The molecule has 1 aliphatic carbocycles. The molecule has 0 aliphatic heterocycles. The molecule has 0 aromatic rings. The molecular formula is C21H36O6. The van der Waals surface area contributed by atoms with Gasteiger partial charge in [-0.3, -0.25) is 9.59 Å². The molecule has 3 atom stereocenters. The van der Waals surface area contributed by atoms with E-state index in [9.17, 15) is 14.4 Å². The Hall–Kier alpha value is -1.85. The van der Waals surface area contributed by atoms with E-state index in [1.165, 1.54) is 31.8 Å². The first-order valence-electron chi connectivity index (χ1n) is 10.1. The number of carbonyl (C=O) groups excluding carboxylic acids is 1. The first kappa shape index (κ1) is 25.1. The van der Waals surface area contributed by atoms with Gasteiger partial charge in [0.1, 0.15) is 6.10 Å². The highest BCUT2D eigenvalue weighted by Crippen LogP contribution is 2.29. The smallest absolute Gasteiger partial charge is 0.330 e. The first-order chi connectivity index (χ1) is 12.8. The molecule has 0 aromatic heterocycles. The van der Waals surface area contributed by atoms with Crippen molar-refractivity contribution in [3.05, 3.63) is 12.7 Å². The van der Waals surface area contributed by atoms with Crippen molar-refractivity contribution >= 4 is 17.9 Å². The SMILES string of the molecule is C=CC(=O)OC(CC)CCCCCCC.O=C(O)C1CCCC(C(=O)O)C1. The fourth-order valence-corrected chi connectivity index (χ4v) is 3.17. The molecule has 1 rings (SSSR count). The molecule has 6 heteroatoms. The topological polar surface area (TPSA) is 101 Å². The van der Waals surface area contributed by atoms with E-state index in [0.717, 1.165) is 19.3 Å². The van der Waals surface area contributed by atoms with Crippen molar-refractivity contribution in [2.75, 3.05) is 0 Å². The van der Waals surface area contributed by atoms with Crippen LogP contribution < -0.4 is 0 Å². The lowest BCUT2D eigenvalue weighted by atomic mass is 9.81. The molecule has 0 amide bonds. The minimum Gasteiger partial charge on any atom is -0.481 e. The predicted molar refractivity (Wildman–Crippen MR) is 104 cm³/mol. The molecule has 1 fully saturated rings. The molecule has 6 nitrogen and oxygen atoms in total. The highest BCUT2D eigenvalue weighted by atomic mass is 16.5. The Labute approximate surface area is 163 Å². The second-order valence-corrected chi connectivity index (χ2v) is 7.11. The summed E-state index contributed by atoms with van der Waals surface area (Å²) in [6.07, 6.45) is 11.7. The van der Waals surface area contributed by atoms with Crippen LogP contribution in [0.5, 0.6) is 0 Å². The van der Waals surface area contributed by atoms with Gasteiger partial charge in [0, 0.05) is 6.08 Å². The number of hydrogen-bond acceptors (Lipinski definition) is 4. The van der Waals surface area contributed by atoms with E-state index in [0.29, 0.717) is 25.7 Å². The molecule has 2 N–H and O–H groups in total. The molecule has 156 valence electrons. The van der Waals surface area contributed by atoms with Crippen molar-refractivity contribution in [2.45, 2.75) is 90.6 Å². The Morgan fingerprint density at radius 3 is 2.04 bits per heavy atom. The van der Waals surface area contributed by atoms with Gasteiger partial charge in [-0.1, -0.05) is 52.5 Å². The molecule has 3 unspecified atom stereocenters. The zero-order valence-corrected chi connectivity index (χ0v) is 16.8. The lowest BCUT2D eigenvalue weighted by Crippen LogP contribution is -2.26. The molecule has 0 spiro atoms. The van der Waals surface area contributed by atoms with Crippen molar-refractivity contribution in [2.24, 2.45) is 11.8 Å². The molecule has 0 radical (unpaired) electrons. The molecule has 27 heavy (non-hydrogen) atoms.